The lowest BCUT2D eigenvalue weighted by Crippen LogP contribution is -2.53. The Morgan fingerprint density at radius 1 is 1.05 bits per heavy atom. The Bertz CT molecular complexity index is 1370. The molecule has 2 aromatic rings. The number of hydrogen-bond donors (Lipinski definition) is 1. The highest BCUT2D eigenvalue weighted by molar-refractivity contribution is 6.42. The summed E-state index contributed by atoms with van der Waals surface area (Å²) in [5, 5.41) is 2.52. The van der Waals surface area contributed by atoms with Crippen molar-refractivity contribution in [1.82, 2.24) is 15.1 Å². The number of halogens is 3. The molecule has 11 heteroatoms. The monoisotopic (exact) mass is 527 g/mol. The molecule has 1 unspecified atom stereocenters. The van der Waals surface area contributed by atoms with Crippen molar-refractivity contribution in [1.29, 1.82) is 0 Å². The Balaban J connectivity index is 1.25. The largest absolute Gasteiger partial charge is 0.398 e. The lowest BCUT2D eigenvalue weighted by molar-refractivity contribution is -0.160. The Morgan fingerprint density at radius 2 is 1.74 bits per heavy atom. The zero-order valence-electron chi connectivity index (χ0n) is 20.4. The fraction of sp³-hybridized carbons (Fsp3) is 0.370. The van der Waals surface area contributed by atoms with E-state index in [4.69, 9.17) is 0 Å². The summed E-state index contributed by atoms with van der Waals surface area (Å²) in [6, 6.07) is 9.11. The minimum Gasteiger partial charge on any atom is -0.345 e. The molecular weight excluding hydrogens is 503 g/mol. The van der Waals surface area contributed by atoms with Crippen molar-refractivity contribution in [2.75, 3.05) is 7.05 Å². The van der Waals surface area contributed by atoms with Crippen LogP contribution in [0, 0.1) is 0 Å². The molecule has 2 aliphatic heterocycles. The van der Waals surface area contributed by atoms with Gasteiger partial charge in [-0.25, -0.2) is 0 Å². The van der Waals surface area contributed by atoms with Gasteiger partial charge in [0.1, 0.15) is 6.04 Å². The first-order valence-electron chi connectivity index (χ1n) is 12.2. The molecule has 0 spiro atoms. The van der Waals surface area contributed by atoms with Gasteiger partial charge in [0.15, 0.2) is 0 Å². The molecule has 4 amide bonds. The molecule has 1 N–H and O–H groups in total. The van der Waals surface area contributed by atoms with Crippen molar-refractivity contribution in [3.8, 4) is 0 Å². The molecule has 1 aliphatic carbocycles. The van der Waals surface area contributed by atoms with Crippen LogP contribution in [0.1, 0.15) is 63.1 Å². The third-order valence-corrected chi connectivity index (χ3v) is 7.73. The molecule has 0 aromatic heterocycles. The van der Waals surface area contributed by atoms with Crippen LogP contribution >= 0.6 is 0 Å². The number of ketones is 1. The fourth-order valence-corrected chi connectivity index (χ4v) is 5.21. The predicted molar refractivity (Wildman–Crippen MR) is 127 cm³/mol. The van der Waals surface area contributed by atoms with E-state index in [1.54, 1.807) is 18.2 Å². The number of alkyl halides is 3. The number of benzene rings is 2. The topological polar surface area (TPSA) is 104 Å². The Morgan fingerprint density at radius 3 is 2.37 bits per heavy atom. The molecule has 38 heavy (non-hydrogen) atoms. The number of fused-ring (bicyclic) bond motifs is 1. The van der Waals surface area contributed by atoms with Gasteiger partial charge in [-0.2, -0.15) is 13.2 Å². The van der Waals surface area contributed by atoms with Crippen molar-refractivity contribution < 1.29 is 37.1 Å². The van der Waals surface area contributed by atoms with Crippen LogP contribution in [0.15, 0.2) is 42.5 Å². The Labute approximate surface area is 215 Å². The third kappa shape index (κ3) is 4.15. The van der Waals surface area contributed by atoms with Crippen LogP contribution in [0.4, 0.5) is 13.2 Å². The second-order valence-corrected chi connectivity index (χ2v) is 9.89. The molecule has 8 nitrogen and oxygen atoms in total. The predicted octanol–water partition coefficient (Wildman–Crippen LogP) is 2.88. The van der Waals surface area contributed by atoms with Crippen LogP contribution < -0.4 is 5.32 Å². The van der Waals surface area contributed by atoms with Crippen molar-refractivity contribution >= 4 is 29.4 Å². The minimum atomic E-state index is -4.37. The Kier molecular flexibility index (Phi) is 6.12. The average Bonchev–Trinajstić information content (AvgIpc) is 3.66. The van der Waals surface area contributed by atoms with Gasteiger partial charge in [0, 0.05) is 37.7 Å². The molecule has 2 aromatic carbocycles. The lowest BCUT2D eigenvalue weighted by atomic mass is 9.94. The summed E-state index contributed by atoms with van der Waals surface area (Å²) >= 11 is 0. The summed E-state index contributed by atoms with van der Waals surface area (Å²) in [5.74, 6) is -2.92. The quantitative estimate of drug-likeness (QED) is 0.354. The number of Topliss-reactive ketones (excluding diaryl/α,β-unsaturated/α-hetero) is 1. The number of rotatable bonds is 6. The number of imide groups is 1. The number of piperidine rings is 1. The molecule has 2 fully saturated rings. The fourth-order valence-electron chi connectivity index (χ4n) is 5.21. The number of nitrogens with one attached hydrogen (secondary N) is 1. The summed E-state index contributed by atoms with van der Waals surface area (Å²) in [7, 11) is 1.39. The van der Waals surface area contributed by atoms with Gasteiger partial charge in [0.05, 0.1) is 5.41 Å². The molecule has 0 bridgehead atoms. The van der Waals surface area contributed by atoms with Crippen LogP contribution in [-0.4, -0.2) is 58.5 Å². The number of carbonyl (C=O) groups is 5. The van der Waals surface area contributed by atoms with Gasteiger partial charge in [-0.1, -0.05) is 36.4 Å². The first-order valence-corrected chi connectivity index (χ1v) is 12.2. The van der Waals surface area contributed by atoms with E-state index >= 15 is 0 Å². The minimum absolute atomic E-state index is 0.00462. The number of carbonyl (C=O) groups excluding carboxylic acids is 5. The van der Waals surface area contributed by atoms with Gasteiger partial charge in [-0.15, -0.1) is 0 Å². The summed E-state index contributed by atoms with van der Waals surface area (Å²) in [6.45, 7) is 0.0517. The van der Waals surface area contributed by atoms with Gasteiger partial charge in [0.2, 0.25) is 11.7 Å². The van der Waals surface area contributed by atoms with Gasteiger partial charge in [-0.3, -0.25) is 28.9 Å². The highest BCUT2D eigenvalue weighted by Crippen LogP contribution is 2.58. The zero-order chi connectivity index (χ0) is 27.4. The van der Waals surface area contributed by atoms with Crippen LogP contribution in [0.25, 0.3) is 0 Å². The van der Waals surface area contributed by atoms with E-state index in [0.29, 0.717) is 16.7 Å². The van der Waals surface area contributed by atoms with E-state index in [0.717, 1.165) is 4.90 Å². The van der Waals surface area contributed by atoms with Gasteiger partial charge in [-0.05, 0) is 42.0 Å². The summed E-state index contributed by atoms with van der Waals surface area (Å²) in [6.07, 6.45) is -4.01. The van der Waals surface area contributed by atoms with Crippen molar-refractivity contribution in [3.05, 3.63) is 70.3 Å². The second kappa shape index (κ2) is 9.07. The summed E-state index contributed by atoms with van der Waals surface area (Å²) < 4.78 is 40.0. The maximum absolute atomic E-state index is 13.3. The van der Waals surface area contributed by atoms with E-state index in [1.807, 2.05) is 0 Å². The van der Waals surface area contributed by atoms with Crippen LogP contribution in [0.5, 0.6) is 0 Å². The van der Waals surface area contributed by atoms with E-state index < -0.39 is 35.2 Å². The first-order chi connectivity index (χ1) is 17.9. The van der Waals surface area contributed by atoms with Crippen molar-refractivity contribution in [2.45, 2.75) is 56.4 Å². The maximum atomic E-state index is 13.3. The number of likely N-dealkylation sites (tertiary alicyclic amines) is 1. The van der Waals surface area contributed by atoms with Crippen molar-refractivity contribution in [3.63, 3.8) is 0 Å². The molecule has 1 saturated carbocycles. The normalized spacial score (nSPS) is 20.4. The van der Waals surface area contributed by atoms with Gasteiger partial charge >= 0.3 is 6.18 Å². The van der Waals surface area contributed by atoms with Gasteiger partial charge in [0.25, 0.3) is 17.7 Å². The smallest absolute Gasteiger partial charge is 0.345 e. The first kappa shape index (κ1) is 25.6. The molecule has 0 radical (unpaired) electrons. The van der Waals surface area contributed by atoms with E-state index in [-0.39, 0.29) is 61.7 Å². The van der Waals surface area contributed by atoms with Crippen LogP contribution in [0.3, 0.4) is 0 Å². The summed E-state index contributed by atoms with van der Waals surface area (Å²) in [5.41, 5.74) is -0.249. The number of likely N-dealkylation sites (N-methyl/N-ethyl adjacent to an activating group) is 1. The molecule has 1 saturated heterocycles. The summed E-state index contributed by atoms with van der Waals surface area (Å²) in [4.78, 5) is 65.1. The lowest BCUT2D eigenvalue weighted by Gasteiger charge is -2.33. The van der Waals surface area contributed by atoms with Gasteiger partial charge < -0.3 is 10.2 Å². The number of amides is 4. The molecule has 5 rings (SSSR count). The van der Waals surface area contributed by atoms with E-state index in [1.165, 1.54) is 36.2 Å². The molecular formula is C27H24F3N3O5. The molecule has 3 aliphatic rings. The SMILES string of the molecule is CN1C(=O)CCC(N2Cc3c(CNC(=O)C(=O)c4ccc(C5(C(F)(F)F)CC5)cc4)cccc3C2=O)C1=O. The zero-order valence-corrected chi connectivity index (χ0v) is 20.4. The number of nitrogens with zero attached hydrogens (tertiary/aromatic N) is 2. The molecule has 198 valence electrons. The average molecular weight is 527 g/mol. The van der Waals surface area contributed by atoms with Crippen molar-refractivity contribution in [2.24, 2.45) is 0 Å². The van der Waals surface area contributed by atoms with E-state index in [9.17, 15) is 37.1 Å². The van der Waals surface area contributed by atoms with Crippen LogP contribution in [0.2, 0.25) is 0 Å². The Hall–Kier alpha value is -4.02. The molecule has 2 heterocycles. The van der Waals surface area contributed by atoms with E-state index in [2.05, 4.69) is 5.32 Å². The molecule has 1 atom stereocenters. The highest BCUT2D eigenvalue weighted by Gasteiger charge is 2.64. The maximum Gasteiger partial charge on any atom is 0.398 e. The number of hydrogen-bond acceptors (Lipinski definition) is 5. The third-order valence-electron chi connectivity index (χ3n) is 7.73. The standard InChI is InChI=1S/C27H24F3N3O5/c1-32-21(34)10-9-20(25(32)38)33-14-19-16(3-2-4-18(19)24(33)37)13-31-23(36)22(35)15-5-7-17(8-6-15)26(11-12-26)27(28,29)30/h2-8,20H,9-14H2,1H3,(H,31,36). The highest BCUT2D eigenvalue weighted by atomic mass is 19.4. The second-order valence-electron chi connectivity index (χ2n) is 9.89. The van der Waals surface area contributed by atoms with Crippen LogP contribution in [-0.2, 0) is 32.9 Å².